The lowest BCUT2D eigenvalue weighted by Crippen LogP contribution is -2.33. The van der Waals surface area contributed by atoms with Crippen molar-refractivity contribution in [1.82, 2.24) is 0 Å². The number of nitrogens with one attached hydrogen (secondary N) is 1. The Labute approximate surface area is 128 Å². The van der Waals surface area contributed by atoms with E-state index in [-0.39, 0.29) is 12.1 Å². The molecule has 1 rings (SSSR count). The molecule has 3 N–H and O–H groups in total. The lowest BCUT2D eigenvalue weighted by Gasteiger charge is -2.21. The summed E-state index contributed by atoms with van der Waals surface area (Å²) < 4.78 is 0. The minimum absolute atomic E-state index is 0.223. The Kier molecular flexibility index (Phi) is 5.89. The van der Waals surface area contributed by atoms with Gasteiger partial charge in [-0.2, -0.15) is 0 Å². The van der Waals surface area contributed by atoms with E-state index in [1.165, 1.54) is 6.08 Å². The van der Waals surface area contributed by atoms with Crippen LogP contribution in [0.15, 0.2) is 30.0 Å². The van der Waals surface area contributed by atoms with E-state index in [0.29, 0.717) is 0 Å². The highest BCUT2D eigenvalue weighted by atomic mass is 28.1. The first kappa shape index (κ1) is 17.5. The van der Waals surface area contributed by atoms with Crippen LogP contribution in [0.5, 0.6) is 0 Å². The number of nitro benzene ring substituents is 1. The zero-order chi connectivity index (χ0) is 16.9. The summed E-state index contributed by atoms with van der Waals surface area (Å²) in [7, 11) is 2.97. The van der Waals surface area contributed by atoms with E-state index in [1.807, 2.05) is 0 Å². The SMILES string of the molecule is C=CC[C@H](Nc1c(N=O)cc(C(=O)O)cc1[N+](=O)[O-])C(O)[Si]. The van der Waals surface area contributed by atoms with Gasteiger partial charge in [0, 0.05) is 6.07 Å². The Morgan fingerprint density at radius 2 is 2.23 bits per heavy atom. The Balaban J connectivity index is 3.43. The Morgan fingerprint density at radius 1 is 1.59 bits per heavy atom. The number of hydrogen-bond acceptors (Lipinski definition) is 7. The summed E-state index contributed by atoms with van der Waals surface area (Å²) in [6.45, 7) is 3.49. The average Bonchev–Trinajstić information content (AvgIpc) is 2.45. The molecule has 2 atom stereocenters. The van der Waals surface area contributed by atoms with Crippen LogP contribution in [0, 0.1) is 15.0 Å². The van der Waals surface area contributed by atoms with Crippen molar-refractivity contribution in [2.24, 2.45) is 5.18 Å². The second kappa shape index (κ2) is 7.43. The molecule has 0 amide bonds. The van der Waals surface area contributed by atoms with E-state index in [9.17, 15) is 24.9 Å². The van der Waals surface area contributed by atoms with Gasteiger partial charge >= 0.3 is 5.97 Å². The van der Waals surface area contributed by atoms with Crippen LogP contribution in [0.2, 0.25) is 0 Å². The maximum absolute atomic E-state index is 11.1. The molecular formula is C12H12N3O6Si. The van der Waals surface area contributed by atoms with Gasteiger partial charge < -0.3 is 15.5 Å². The fourth-order valence-corrected chi connectivity index (χ4v) is 1.95. The molecule has 1 unspecified atom stereocenters. The fraction of sp³-hybridized carbons (Fsp3) is 0.250. The number of carboxylic acids is 1. The van der Waals surface area contributed by atoms with Gasteiger partial charge in [-0.05, 0) is 17.7 Å². The molecule has 115 valence electrons. The van der Waals surface area contributed by atoms with Crippen molar-refractivity contribution in [1.29, 1.82) is 0 Å². The first-order valence-corrected chi connectivity index (χ1v) is 6.55. The van der Waals surface area contributed by atoms with E-state index in [4.69, 9.17) is 5.11 Å². The highest BCUT2D eigenvalue weighted by Gasteiger charge is 2.26. The van der Waals surface area contributed by atoms with Crippen molar-refractivity contribution in [2.45, 2.75) is 18.2 Å². The number of nitrogens with zero attached hydrogens (tertiary/aromatic N) is 2. The number of aliphatic hydroxyl groups excluding tert-OH is 1. The maximum Gasteiger partial charge on any atom is 0.336 e. The lowest BCUT2D eigenvalue weighted by atomic mass is 10.1. The first-order chi connectivity index (χ1) is 10.3. The topological polar surface area (TPSA) is 142 Å². The number of nitroso groups, excluding NO2 is 1. The lowest BCUT2D eigenvalue weighted by molar-refractivity contribution is -0.383. The van der Waals surface area contributed by atoms with Crippen LogP contribution in [0.25, 0.3) is 0 Å². The van der Waals surface area contributed by atoms with Crippen LogP contribution in [0.4, 0.5) is 17.1 Å². The predicted octanol–water partition coefficient (Wildman–Crippen LogP) is 1.53. The summed E-state index contributed by atoms with van der Waals surface area (Å²) >= 11 is 0. The minimum Gasteiger partial charge on any atom is -0.478 e. The van der Waals surface area contributed by atoms with Gasteiger partial charge in [-0.3, -0.25) is 10.1 Å². The molecule has 0 fully saturated rings. The van der Waals surface area contributed by atoms with Gasteiger partial charge in [0.05, 0.1) is 32.5 Å². The molecule has 22 heavy (non-hydrogen) atoms. The minimum atomic E-state index is -1.43. The van der Waals surface area contributed by atoms with E-state index >= 15 is 0 Å². The molecule has 0 saturated heterocycles. The summed E-state index contributed by atoms with van der Waals surface area (Å²) in [4.78, 5) is 32.1. The highest BCUT2D eigenvalue weighted by Crippen LogP contribution is 2.37. The van der Waals surface area contributed by atoms with Crippen LogP contribution < -0.4 is 5.32 Å². The molecule has 0 bridgehead atoms. The van der Waals surface area contributed by atoms with Crippen molar-refractivity contribution in [3.8, 4) is 0 Å². The smallest absolute Gasteiger partial charge is 0.336 e. The number of rotatable bonds is 8. The van der Waals surface area contributed by atoms with Gasteiger partial charge in [-0.25, -0.2) is 4.79 Å². The molecule has 0 heterocycles. The van der Waals surface area contributed by atoms with Gasteiger partial charge in [0.25, 0.3) is 5.69 Å². The summed E-state index contributed by atoms with van der Waals surface area (Å²) in [5.74, 6) is -1.43. The zero-order valence-electron chi connectivity index (χ0n) is 11.2. The molecule has 3 radical (unpaired) electrons. The predicted molar refractivity (Wildman–Crippen MR) is 79.5 cm³/mol. The number of hydrogen-bond donors (Lipinski definition) is 3. The monoisotopic (exact) mass is 322 g/mol. The van der Waals surface area contributed by atoms with Crippen LogP contribution in [0.3, 0.4) is 0 Å². The third-order valence-electron chi connectivity index (χ3n) is 2.77. The number of aromatic carboxylic acids is 1. The fourth-order valence-electron chi connectivity index (χ4n) is 1.73. The highest BCUT2D eigenvalue weighted by molar-refractivity contribution is 6.11. The summed E-state index contributed by atoms with van der Waals surface area (Å²) in [5, 5.41) is 34.8. The Hall–Kier alpha value is -2.59. The van der Waals surface area contributed by atoms with Crippen LogP contribution in [0.1, 0.15) is 16.8 Å². The summed E-state index contributed by atoms with van der Waals surface area (Å²) in [5.41, 5.74) is -2.86. The molecule has 0 saturated carbocycles. The van der Waals surface area contributed by atoms with Gasteiger partial charge in [-0.1, -0.05) is 6.08 Å². The van der Waals surface area contributed by atoms with Crippen LogP contribution in [-0.4, -0.2) is 43.1 Å². The third kappa shape index (κ3) is 3.96. The van der Waals surface area contributed by atoms with Crippen LogP contribution >= 0.6 is 0 Å². The van der Waals surface area contributed by atoms with Gasteiger partial charge in [0.1, 0.15) is 11.4 Å². The van der Waals surface area contributed by atoms with Crippen molar-refractivity contribution >= 4 is 33.3 Å². The normalized spacial score (nSPS) is 13.0. The van der Waals surface area contributed by atoms with Gasteiger partial charge in [0.15, 0.2) is 0 Å². The Morgan fingerprint density at radius 3 is 2.64 bits per heavy atom. The zero-order valence-corrected chi connectivity index (χ0v) is 12.2. The average molecular weight is 322 g/mol. The van der Waals surface area contributed by atoms with Gasteiger partial charge in [0.2, 0.25) is 0 Å². The second-order valence-electron chi connectivity index (χ2n) is 4.26. The molecule has 9 nitrogen and oxygen atoms in total. The van der Waals surface area contributed by atoms with Gasteiger partial charge in [-0.15, -0.1) is 11.5 Å². The van der Waals surface area contributed by atoms with Crippen molar-refractivity contribution in [3.05, 3.63) is 45.4 Å². The number of nitro groups is 1. The molecular weight excluding hydrogens is 310 g/mol. The van der Waals surface area contributed by atoms with E-state index < -0.39 is 39.6 Å². The quantitative estimate of drug-likeness (QED) is 0.216. The number of aliphatic hydroxyl groups is 1. The molecule has 0 aliphatic carbocycles. The van der Waals surface area contributed by atoms with Crippen molar-refractivity contribution < 1.29 is 19.9 Å². The molecule has 0 aliphatic rings. The largest absolute Gasteiger partial charge is 0.478 e. The summed E-state index contributed by atoms with van der Waals surface area (Å²) in [6, 6.07) is 0.990. The van der Waals surface area contributed by atoms with Crippen LogP contribution in [-0.2, 0) is 0 Å². The molecule has 1 aromatic rings. The maximum atomic E-state index is 11.1. The molecule has 10 heteroatoms. The summed E-state index contributed by atoms with van der Waals surface area (Å²) in [6.07, 6.45) is 1.69. The standard InChI is InChI=1S/C12H12N3O6Si/c1-2-3-7(12(18)22)13-10-8(14-19)4-6(11(16)17)5-9(10)15(20)21/h2,4-5,7,12-13,18H,1,3H2,(H,16,17)/t7-,12?/m0/s1. The molecule has 0 spiro atoms. The molecule has 0 aliphatic heterocycles. The first-order valence-electron chi connectivity index (χ1n) is 5.97. The Bertz CT molecular complexity index is 619. The number of carbonyl (C=O) groups is 1. The molecule has 0 aromatic heterocycles. The molecule has 1 aromatic carbocycles. The number of anilines is 1. The van der Waals surface area contributed by atoms with E-state index in [0.717, 1.165) is 12.1 Å². The number of benzene rings is 1. The van der Waals surface area contributed by atoms with E-state index in [1.54, 1.807) is 0 Å². The van der Waals surface area contributed by atoms with Crippen molar-refractivity contribution in [3.63, 3.8) is 0 Å². The van der Waals surface area contributed by atoms with Crippen molar-refractivity contribution in [2.75, 3.05) is 5.32 Å². The second-order valence-corrected chi connectivity index (χ2v) is 4.85. The number of carboxylic acid groups (broad SMARTS) is 1. The third-order valence-corrected chi connectivity index (χ3v) is 3.17. The van der Waals surface area contributed by atoms with E-state index in [2.05, 4.69) is 27.3 Å².